The first-order valence-corrected chi connectivity index (χ1v) is 8.97. The Labute approximate surface area is 133 Å². The van der Waals surface area contributed by atoms with Gasteiger partial charge < -0.3 is 5.32 Å². The highest BCUT2D eigenvalue weighted by molar-refractivity contribution is 7.98. The van der Waals surface area contributed by atoms with Crippen molar-refractivity contribution in [2.45, 2.75) is 37.6 Å². The monoisotopic (exact) mass is 299 g/mol. The fourth-order valence-corrected chi connectivity index (χ4v) is 2.87. The Kier molecular flexibility index (Phi) is 6.34. The van der Waals surface area contributed by atoms with Gasteiger partial charge in [-0.15, -0.1) is 11.8 Å². The normalized spacial score (nSPS) is 12.3. The van der Waals surface area contributed by atoms with Gasteiger partial charge >= 0.3 is 0 Å². The van der Waals surface area contributed by atoms with E-state index >= 15 is 0 Å². The van der Waals surface area contributed by atoms with Crippen LogP contribution in [0.4, 0.5) is 0 Å². The highest BCUT2D eigenvalue weighted by Gasteiger charge is 2.13. The third kappa shape index (κ3) is 4.36. The van der Waals surface area contributed by atoms with E-state index in [-0.39, 0.29) is 6.04 Å². The maximum atomic E-state index is 3.67. The summed E-state index contributed by atoms with van der Waals surface area (Å²) in [5.41, 5.74) is 4.08. The van der Waals surface area contributed by atoms with Crippen LogP contribution in [0.5, 0.6) is 0 Å². The van der Waals surface area contributed by atoms with E-state index in [0.717, 1.165) is 19.4 Å². The predicted octanol–water partition coefficient (Wildman–Crippen LogP) is 5.06. The van der Waals surface area contributed by atoms with Crippen molar-refractivity contribution in [2.75, 3.05) is 12.8 Å². The first-order valence-electron chi connectivity index (χ1n) is 7.74. The van der Waals surface area contributed by atoms with Gasteiger partial charge in [-0.3, -0.25) is 0 Å². The molecule has 1 unspecified atom stereocenters. The van der Waals surface area contributed by atoms with E-state index in [2.05, 4.69) is 74.0 Å². The Hall–Kier alpha value is -1.25. The summed E-state index contributed by atoms with van der Waals surface area (Å²) in [6, 6.07) is 18.2. The fraction of sp³-hybridized carbons (Fsp3) is 0.368. The maximum absolute atomic E-state index is 3.67. The van der Waals surface area contributed by atoms with Crippen molar-refractivity contribution in [3.8, 4) is 0 Å². The first-order chi connectivity index (χ1) is 10.3. The van der Waals surface area contributed by atoms with Gasteiger partial charge in [-0.1, -0.05) is 50.2 Å². The van der Waals surface area contributed by atoms with Crippen LogP contribution in [-0.2, 0) is 6.42 Å². The summed E-state index contributed by atoms with van der Waals surface area (Å²) in [5, 5.41) is 3.67. The zero-order valence-corrected chi connectivity index (χ0v) is 14.0. The second-order valence-corrected chi connectivity index (χ2v) is 6.14. The zero-order valence-electron chi connectivity index (χ0n) is 13.2. The molecule has 2 rings (SSSR count). The van der Waals surface area contributed by atoms with Crippen molar-refractivity contribution in [1.29, 1.82) is 0 Å². The summed E-state index contributed by atoms with van der Waals surface area (Å²) in [6.45, 7) is 5.44. The van der Waals surface area contributed by atoms with Crippen LogP contribution in [0.15, 0.2) is 53.4 Å². The van der Waals surface area contributed by atoms with Gasteiger partial charge in [-0.05, 0) is 54.5 Å². The van der Waals surface area contributed by atoms with E-state index in [4.69, 9.17) is 0 Å². The van der Waals surface area contributed by atoms with Crippen molar-refractivity contribution in [1.82, 2.24) is 5.32 Å². The Morgan fingerprint density at radius 2 is 1.48 bits per heavy atom. The fourth-order valence-electron chi connectivity index (χ4n) is 2.46. The van der Waals surface area contributed by atoms with E-state index in [0.29, 0.717) is 0 Å². The minimum Gasteiger partial charge on any atom is -0.306 e. The molecule has 0 saturated carbocycles. The molecule has 1 nitrogen and oxygen atoms in total. The van der Waals surface area contributed by atoms with Gasteiger partial charge in [0.1, 0.15) is 0 Å². The molecule has 0 aliphatic carbocycles. The van der Waals surface area contributed by atoms with E-state index < -0.39 is 0 Å². The molecular weight excluding hydrogens is 274 g/mol. The summed E-state index contributed by atoms with van der Waals surface area (Å²) < 4.78 is 0. The van der Waals surface area contributed by atoms with E-state index in [1.807, 2.05) is 0 Å². The molecule has 0 saturated heterocycles. The Morgan fingerprint density at radius 3 is 1.95 bits per heavy atom. The molecule has 2 aromatic carbocycles. The van der Waals surface area contributed by atoms with Crippen LogP contribution in [0.2, 0.25) is 0 Å². The minimum atomic E-state index is 0.284. The van der Waals surface area contributed by atoms with Crippen LogP contribution in [0.25, 0.3) is 0 Å². The Bertz CT molecular complexity index is 483. The molecule has 112 valence electrons. The van der Waals surface area contributed by atoms with Crippen LogP contribution in [-0.4, -0.2) is 12.8 Å². The molecule has 1 atom stereocenters. The van der Waals surface area contributed by atoms with Gasteiger partial charge in [0, 0.05) is 4.90 Å². The molecule has 0 aliphatic heterocycles. The average molecular weight is 299 g/mol. The number of thioether (sulfide) groups is 1. The first kappa shape index (κ1) is 16.1. The number of aryl methyl sites for hydroxylation is 1. The third-order valence-electron chi connectivity index (χ3n) is 3.77. The SMILES string of the molecule is CCCNC(c1ccc(CC)cc1)c1ccc(SC)cc1. The van der Waals surface area contributed by atoms with Gasteiger partial charge in [0.25, 0.3) is 0 Å². The van der Waals surface area contributed by atoms with E-state index in [1.165, 1.54) is 21.6 Å². The van der Waals surface area contributed by atoms with Crippen molar-refractivity contribution in [3.63, 3.8) is 0 Å². The Balaban J connectivity index is 2.26. The molecule has 0 radical (unpaired) electrons. The minimum absolute atomic E-state index is 0.284. The smallest absolute Gasteiger partial charge is 0.0576 e. The average Bonchev–Trinajstić information content (AvgIpc) is 2.56. The molecular formula is C19H25NS. The molecule has 0 fully saturated rings. The standard InChI is InChI=1S/C19H25NS/c1-4-14-20-19(16-8-6-15(5-2)7-9-16)17-10-12-18(21-3)13-11-17/h6-13,19-20H,4-5,14H2,1-3H3. The summed E-state index contributed by atoms with van der Waals surface area (Å²) in [5.74, 6) is 0. The molecule has 2 aromatic rings. The van der Waals surface area contributed by atoms with E-state index in [9.17, 15) is 0 Å². The molecule has 0 heterocycles. The largest absolute Gasteiger partial charge is 0.306 e. The number of nitrogens with one attached hydrogen (secondary N) is 1. The lowest BCUT2D eigenvalue weighted by atomic mass is 9.97. The molecule has 0 spiro atoms. The predicted molar refractivity (Wildman–Crippen MR) is 94.2 cm³/mol. The molecule has 1 N–H and O–H groups in total. The van der Waals surface area contributed by atoms with Crippen molar-refractivity contribution < 1.29 is 0 Å². The highest BCUT2D eigenvalue weighted by Crippen LogP contribution is 2.25. The van der Waals surface area contributed by atoms with Crippen LogP contribution in [0.3, 0.4) is 0 Å². The van der Waals surface area contributed by atoms with Gasteiger partial charge in [-0.2, -0.15) is 0 Å². The van der Waals surface area contributed by atoms with Crippen LogP contribution < -0.4 is 5.32 Å². The molecule has 21 heavy (non-hydrogen) atoms. The molecule has 2 heteroatoms. The van der Waals surface area contributed by atoms with Gasteiger partial charge in [0.15, 0.2) is 0 Å². The third-order valence-corrected chi connectivity index (χ3v) is 4.51. The van der Waals surface area contributed by atoms with Gasteiger partial charge in [0.05, 0.1) is 6.04 Å². The van der Waals surface area contributed by atoms with Crippen molar-refractivity contribution >= 4 is 11.8 Å². The second kappa shape index (κ2) is 8.26. The lowest BCUT2D eigenvalue weighted by molar-refractivity contribution is 0.598. The van der Waals surface area contributed by atoms with Gasteiger partial charge in [-0.25, -0.2) is 0 Å². The topological polar surface area (TPSA) is 12.0 Å². The van der Waals surface area contributed by atoms with Crippen molar-refractivity contribution in [3.05, 3.63) is 65.2 Å². The summed E-state index contributed by atoms with van der Waals surface area (Å²) in [7, 11) is 0. The van der Waals surface area contributed by atoms with E-state index in [1.54, 1.807) is 11.8 Å². The van der Waals surface area contributed by atoms with Crippen molar-refractivity contribution in [2.24, 2.45) is 0 Å². The zero-order chi connectivity index (χ0) is 15.1. The molecule has 0 aliphatic rings. The maximum Gasteiger partial charge on any atom is 0.0576 e. The second-order valence-electron chi connectivity index (χ2n) is 5.26. The number of hydrogen-bond acceptors (Lipinski definition) is 2. The number of hydrogen-bond donors (Lipinski definition) is 1. The molecule has 0 bridgehead atoms. The van der Waals surface area contributed by atoms with Crippen LogP contribution >= 0.6 is 11.8 Å². The summed E-state index contributed by atoms with van der Waals surface area (Å²) in [4.78, 5) is 1.31. The summed E-state index contributed by atoms with van der Waals surface area (Å²) in [6.07, 6.45) is 4.35. The summed E-state index contributed by atoms with van der Waals surface area (Å²) >= 11 is 1.79. The highest BCUT2D eigenvalue weighted by atomic mass is 32.2. The van der Waals surface area contributed by atoms with Gasteiger partial charge in [0.2, 0.25) is 0 Å². The Morgan fingerprint density at radius 1 is 0.905 bits per heavy atom. The van der Waals surface area contributed by atoms with Crippen LogP contribution in [0.1, 0.15) is 43.0 Å². The quantitative estimate of drug-likeness (QED) is 0.717. The molecule has 0 amide bonds. The lowest BCUT2D eigenvalue weighted by Gasteiger charge is -2.20. The van der Waals surface area contributed by atoms with Crippen LogP contribution in [0, 0.1) is 0 Å². The molecule has 0 aromatic heterocycles. The number of benzene rings is 2. The number of rotatable bonds is 7. The lowest BCUT2D eigenvalue weighted by Crippen LogP contribution is -2.23.